The van der Waals surface area contributed by atoms with Crippen molar-refractivity contribution < 1.29 is 9.53 Å². The number of fused-ring (bicyclic) bond motifs is 1. The number of carbonyl (C=O) groups excluding carboxylic acids is 1. The molecule has 0 radical (unpaired) electrons. The second-order valence-electron chi connectivity index (χ2n) is 5.64. The minimum atomic E-state index is -0.139. The Hall–Kier alpha value is -0.350. The van der Waals surface area contributed by atoms with Gasteiger partial charge in [-0.3, -0.25) is 0 Å². The maximum absolute atomic E-state index is 11.7. The zero-order valence-electron chi connectivity index (χ0n) is 10.5. The largest absolute Gasteiger partial charge is 0.459 e. The molecule has 3 nitrogen and oxygen atoms in total. The molecule has 2 heterocycles. The summed E-state index contributed by atoms with van der Waals surface area (Å²) >= 11 is 3.66. The Morgan fingerprint density at radius 2 is 2.17 bits per heavy atom. The van der Waals surface area contributed by atoms with E-state index in [0.29, 0.717) is 16.8 Å². The minimum Gasteiger partial charge on any atom is -0.459 e. The van der Waals surface area contributed by atoms with E-state index in [1.807, 2.05) is 0 Å². The molecule has 3 aliphatic rings. The van der Waals surface area contributed by atoms with Crippen molar-refractivity contribution in [1.82, 2.24) is 5.32 Å². The summed E-state index contributed by atoms with van der Waals surface area (Å²) in [6.45, 7) is 1.08. The van der Waals surface area contributed by atoms with Gasteiger partial charge in [0.15, 0.2) is 0 Å². The van der Waals surface area contributed by atoms with Gasteiger partial charge in [-0.05, 0) is 44.2 Å². The number of hydrogen-bond acceptors (Lipinski definition) is 3. The van der Waals surface area contributed by atoms with Gasteiger partial charge in [0.2, 0.25) is 0 Å². The molecule has 4 heteroatoms. The van der Waals surface area contributed by atoms with E-state index in [1.54, 1.807) is 6.08 Å². The van der Waals surface area contributed by atoms with E-state index in [2.05, 4.69) is 21.2 Å². The maximum atomic E-state index is 11.7. The molecule has 0 aromatic heterocycles. The van der Waals surface area contributed by atoms with Crippen LogP contribution in [0.3, 0.4) is 0 Å². The highest BCUT2D eigenvalue weighted by Crippen LogP contribution is 2.39. The van der Waals surface area contributed by atoms with Crippen LogP contribution in [0.2, 0.25) is 0 Å². The lowest BCUT2D eigenvalue weighted by molar-refractivity contribution is -0.148. The molecule has 100 valence electrons. The average molecular weight is 314 g/mol. The summed E-state index contributed by atoms with van der Waals surface area (Å²) in [6.07, 6.45) is 8.83. The minimum absolute atomic E-state index is 0.0966. The monoisotopic (exact) mass is 313 g/mol. The van der Waals surface area contributed by atoms with Crippen LogP contribution in [0.25, 0.3) is 0 Å². The number of alkyl halides is 1. The SMILES string of the molecule is O=C1C=C(C2CCCCN2)C2CCC(Br)CC2O1. The second-order valence-corrected chi connectivity index (χ2v) is 6.93. The standard InChI is InChI=1S/C14H20BrNO2/c15-9-4-5-10-11(12-3-1-2-6-16-12)8-14(17)18-13(10)7-9/h8-10,12-13,16H,1-7H2. The van der Waals surface area contributed by atoms with Crippen molar-refractivity contribution in [2.24, 2.45) is 5.92 Å². The summed E-state index contributed by atoms with van der Waals surface area (Å²) in [4.78, 5) is 12.2. The summed E-state index contributed by atoms with van der Waals surface area (Å²) in [5.41, 5.74) is 1.32. The van der Waals surface area contributed by atoms with Crippen LogP contribution >= 0.6 is 15.9 Å². The van der Waals surface area contributed by atoms with E-state index in [0.717, 1.165) is 19.4 Å². The first-order valence-corrected chi connectivity index (χ1v) is 7.95. The molecule has 1 saturated carbocycles. The van der Waals surface area contributed by atoms with Gasteiger partial charge in [-0.15, -0.1) is 0 Å². The van der Waals surface area contributed by atoms with Gasteiger partial charge in [0.25, 0.3) is 0 Å². The molecule has 0 spiro atoms. The second kappa shape index (κ2) is 5.33. The number of nitrogens with one attached hydrogen (secondary N) is 1. The van der Waals surface area contributed by atoms with Crippen molar-refractivity contribution in [2.45, 2.75) is 55.5 Å². The Balaban J connectivity index is 1.80. The van der Waals surface area contributed by atoms with Crippen molar-refractivity contribution in [2.75, 3.05) is 6.54 Å². The fourth-order valence-corrected chi connectivity index (χ4v) is 4.15. The van der Waals surface area contributed by atoms with Gasteiger partial charge in [-0.1, -0.05) is 22.4 Å². The molecule has 1 saturated heterocycles. The van der Waals surface area contributed by atoms with E-state index >= 15 is 0 Å². The molecular formula is C14H20BrNO2. The fourth-order valence-electron chi connectivity index (χ4n) is 3.51. The van der Waals surface area contributed by atoms with Gasteiger partial charge in [0.05, 0.1) is 0 Å². The van der Waals surface area contributed by atoms with Gasteiger partial charge in [-0.2, -0.15) is 0 Å². The number of carbonyl (C=O) groups is 1. The van der Waals surface area contributed by atoms with Crippen LogP contribution < -0.4 is 5.32 Å². The summed E-state index contributed by atoms with van der Waals surface area (Å²) in [5.74, 6) is 0.312. The normalized spacial score (nSPS) is 40.7. The molecule has 4 atom stereocenters. The van der Waals surface area contributed by atoms with Crippen molar-refractivity contribution in [3.8, 4) is 0 Å². The van der Waals surface area contributed by atoms with Gasteiger partial charge in [0.1, 0.15) is 6.10 Å². The lowest BCUT2D eigenvalue weighted by atomic mass is 9.76. The van der Waals surface area contributed by atoms with Crippen molar-refractivity contribution in [3.05, 3.63) is 11.6 Å². The number of rotatable bonds is 1. The molecule has 0 aromatic rings. The highest BCUT2D eigenvalue weighted by atomic mass is 79.9. The van der Waals surface area contributed by atoms with Crippen LogP contribution in [-0.2, 0) is 9.53 Å². The molecule has 0 amide bonds. The van der Waals surface area contributed by atoms with Crippen molar-refractivity contribution in [1.29, 1.82) is 0 Å². The number of halogens is 1. The molecule has 18 heavy (non-hydrogen) atoms. The van der Waals surface area contributed by atoms with Crippen molar-refractivity contribution in [3.63, 3.8) is 0 Å². The molecule has 1 aliphatic carbocycles. The van der Waals surface area contributed by atoms with E-state index in [1.165, 1.54) is 31.3 Å². The molecular weight excluding hydrogens is 294 g/mol. The molecule has 4 unspecified atom stereocenters. The van der Waals surface area contributed by atoms with E-state index in [-0.39, 0.29) is 12.1 Å². The lowest BCUT2D eigenvalue weighted by Crippen LogP contribution is -2.45. The van der Waals surface area contributed by atoms with Gasteiger partial charge in [-0.25, -0.2) is 4.79 Å². The predicted octanol–water partition coefficient (Wildman–Crippen LogP) is 2.54. The van der Waals surface area contributed by atoms with Gasteiger partial charge >= 0.3 is 5.97 Å². The summed E-state index contributed by atoms with van der Waals surface area (Å²) in [6, 6.07) is 0.408. The number of piperidine rings is 1. The van der Waals surface area contributed by atoms with E-state index in [9.17, 15) is 4.79 Å². The van der Waals surface area contributed by atoms with Crippen LogP contribution in [0, 0.1) is 5.92 Å². The Kier molecular flexibility index (Phi) is 3.76. The Labute approximate surface area is 116 Å². The van der Waals surface area contributed by atoms with Gasteiger partial charge in [0, 0.05) is 22.9 Å². The van der Waals surface area contributed by atoms with Crippen LogP contribution in [0.15, 0.2) is 11.6 Å². The summed E-state index contributed by atoms with van der Waals surface area (Å²) in [5, 5.41) is 3.57. The topological polar surface area (TPSA) is 38.3 Å². The van der Waals surface area contributed by atoms with Gasteiger partial charge < -0.3 is 10.1 Å². The van der Waals surface area contributed by atoms with E-state index < -0.39 is 0 Å². The highest BCUT2D eigenvalue weighted by molar-refractivity contribution is 9.09. The van der Waals surface area contributed by atoms with Crippen LogP contribution in [0.4, 0.5) is 0 Å². The lowest BCUT2D eigenvalue weighted by Gasteiger charge is -2.41. The first-order valence-electron chi connectivity index (χ1n) is 7.03. The Morgan fingerprint density at radius 1 is 1.28 bits per heavy atom. The summed E-state index contributed by atoms with van der Waals surface area (Å²) in [7, 11) is 0. The Bertz CT molecular complexity index is 363. The Morgan fingerprint density at radius 3 is 2.94 bits per heavy atom. The summed E-state index contributed by atoms with van der Waals surface area (Å²) < 4.78 is 5.51. The molecule has 3 rings (SSSR count). The van der Waals surface area contributed by atoms with Crippen LogP contribution in [0.5, 0.6) is 0 Å². The predicted molar refractivity (Wildman–Crippen MR) is 73.7 cm³/mol. The molecule has 2 fully saturated rings. The quantitative estimate of drug-likeness (QED) is 0.597. The molecule has 0 aromatic carbocycles. The van der Waals surface area contributed by atoms with E-state index in [4.69, 9.17) is 4.74 Å². The molecule has 1 N–H and O–H groups in total. The number of hydrogen-bond donors (Lipinski definition) is 1. The van der Waals surface area contributed by atoms with Crippen LogP contribution in [0.1, 0.15) is 38.5 Å². The average Bonchev–Trinajstić information content (AvgIpc) is 2.38. The smallest absolute Gasteiger partial charge is 0.331 e. The maximum Gasteiger partial charge on any atom is 0.331 e. The first kappa shape index (κ1) is 12.7. The fraction of sp³-hybridized carbons (Fsp3) is 0.786. The zero-order chi connectivity index (χ0) is 12.5. The van der Waals surface area contributed by atoms with Crippen LogP contribution in [-0.4, -0.2) is 29.5 Å². The third-order valence-corrected chi connectivity index (χ3v) is 5.25. The number of ether oxygens (including phenoxy) is 1. The van der Waals surface area contributed by atoms with Crippen molar-refractivity contribution >= 4 is 21.9 Å². The first-order chi connectivity index (χ1) is 8.74. The third-order valence-electron chi connectivity index (χ3n) is 4.42. The zero-order valence-corrected chi connectivity index (χ0v) is 12.1. The third kappa shape index (κ3) is 2.50. The number of esters is 1. The molecule has 2 aliphatic heterocycles. The molecule has 0 bridgehead atoms. The highest BCUT2D eigenvalue weighted by Gasteiger charge is 2.39.